The molecule has 0 saturated heterocycles. The highest BCUT2D eigenvalue weighted by molar-refractivity contribution is 7.07. The Hall–Kier alpha value is -3.71. The van der Waals surface area contributed by atoms with Crippen molar-refractivity contribution in [3.63, 3.8) is 0 Å². The first-order valence-corrected chi connectivity index (χ1v) is 12.6. The van der Waals surface area contributed by atoms with E-state index in [0.29, 0.717) is 26.5 Å². The van der Waals surface area contributed by atoms with Crippen LogP contribution in [0.1, 0.15) is 56.3 Å². The van der Waals surface area contributed by atoms with Crippen LogP contribution in [-0.2, 0) is 9.53 Å². The van der Waals surface area contributed by atoms with Crippen LogP contribution in [0.25, 0.3) is 17.0 Å². The van der Waals surface area contributed by atoms with Crippen molar-refractivity contribution in [2.75, 3.05) is 6.61 Å². The summed E-state index contributed by atoms with van der Waals surface area (Å²) in [5, 5.41) is 1.04. The number of fused-ring (bicyclic) bond motifs is 2. The Balaban J connectivity index is 1.72. The molecule has 7 heteroatoms. The summed E-state index contributed by atoms with van der Waals surface area (Å²) in [7, 11) is 0. The van der Waals surface area contributed by atoms with Gasteiger partial charge in [-0.05, 0) is 43.0 Å². The predicted molar refractivity (Wildman–Crippen MR) is 139 cm³/mol. The number of rotatable bonds is 5. The molecule has 1 aliphatic heterocycles. The molecule has 35 heavy (non-hydrogen) atoms. The number of aromatic nitrogens is 2. The van der Waals surface area contributed by atoms with Crippen LogP contribution in [-0.4, -0.2) is 22.1 Å². The Morgan fingerprint density at radius 3 is 2.66 bits per heavy atom. The molecule has 1 atom stereocenters. The second-order valence-electron chi connectivity index (χ2n) is 8.91. The minimum Gasteiger partial charge on any atom is -0.463 e. The molecule has 5 rings (SSSR count). The number of nitrogens with one attached hydrogen (secondary N) is 1. The molecule has 0 fully saturated rings. The van der Waals surface area contributed by atoms with Gasteiger partial charge in [-0.25, -0.2) is 9.79 Å². The third-order valence-corrected chi connectivity index (χ3v) is 7.33. The molecule has 0 bridgehead atoms. The lowest BCUT2D eigenvalue weighted by atomic mass is 9.93. The molecule has 3 heterocycles. The number of carbonyl (C=O) groups is 1. The van der Waals surface area contributed by atoms with Crippen molar-refractivity contribution in [1.29, 1.82) is 0 Å². The van der Waals surface area contributed by atoms with Crippen LogP contribution < -0.4 is 14.9 Å². The number of carbonyl (C=O) groups excluding carboxylic acids is 1. The molecule has 2 aromatic heterocycles. The van der Waals surface area contributed by atoms with Gasteiger partial charge in [0.25, 0.3) is 5.56 Å². The fourth-order valence-electron chi connectivity index (χ4n) is 4.52. The Kier molecular flexibility index (Phi) is 6.03. The number of thiazole rings is 1. The van der Waals surface area contributed by atoms with Crippen LogP contribution in [0.3, 0.4) is 0 Å². The highest BCUT2D eigenvalue weighted by Crippen LogP contribution is 2.31. The molecule has 1 unspecified atom stereocenters. The summed E-state index contributed by atoms with van der Waals surface area (Å²) in [5.74, 6) is -0.0680. The molecule has 0 aliphatic carbocycles. The number of hydrogen-bond donors (Lipinski definition) is 1. The van der Waals surface area contributed by atoms with Crippen LogP contribution in [0.2, 0.25) is 0 Å². The highest BCUT2D eigenvalue weighted by Gasteiger charge is 2.33. The number of allylic oxidation sites excluding steroid dienone is 1. The molecule has 1 N–H and O–H groups in total. The smallest absolute Gasteiger partial charge is 0.338 e. The number of benzene rings is 2. The van der Waals surface area contributed by atoms with Gasteiger partial charge in [-0.1, -0.05) is 67.6 Å². The Bertz CT molecular complexity index is 1640. The van der Waals surface area contributed by atoms with E-state index in [-0.39, 0.29) is 12.2 Å². The van der Waals surface area contributed by atoms with Gasteiger partial charge in [-0.15, -0.1) is 0 Å². The van der Waals surface area contributed by atoms with Crippen molar-refractivity contribution in [2.24, 2.45) is 4.99 Å². The van der Waals surface area contributed by atoms with Gasteiger partial charge in [0.05, 0.1) is 28.5 Å². The van der Waals surface area contributed by atoms with E-state index in [9.17, 15) is 9.59 Å². The molecule has 2 aromatic carbocycles. The summed E-state index contributed by atoms with van der Waals surface area (Å²) in [6.07, 6.45) is 3.80. The zero-order chi connectivity index (χ0) is 24.7. The number of hydrogen-bond acceptors (Lipinski definition) is 5. The van der Waals surface area contributed by atoms with Crippen molar-refractivity contribution in [3.8, 4) is 0 Å². The van der Waals surface area contributed by atoms with E-state index in [1.165, 1.54) is 16.9 Å². The van der Waals surface area contributed by atoms with Crippen LogP contribution in [0.5, 0.6) is 0 Å². The first-order valence-electron chi connectivity index (χ1n) is 11.7. The summed E-state index contributed by atoms with van der Waals surface area (Å²) in [6, 6.07) is 15.5. The average Bonchev–Trinajstić information content (AvgIpc) is 3.39. The van der Waals surface area contributed by atoms with Crippen LogP contribution in [0.4, 0.5) is 0 Å². The number of nitrogens with zero attached hydrogens (tertiary/aromatic N) is 2. The molecule has 0 radical (unpaired) electrons. The molecule has 178 valence electrons. The third kappa shape index (κ3) is 4.06. The molecule has 0 saturated carbocycles. The number of esters is 1. The molecular formula is C28H27N3O3S. The second kappa shape index (κ2) is 9.15. The quantitative estimate of drug-likeness (QED) is 0.426. The monoisotopic (exact) mass is 485 g/mol. The van der Waals surface area contributed by atoms with Gasteiger partial charge in [0.2, 0.25) is 0 Å². The van der Waals surface area contributed by atoms with Crippen molar-refractivity contribution < 1.29 is 9.53 Å². The lowest BCUT2D eigenvalue weighted by Crippen LogP contribution is -2.39. The van der Waals surface area contributed by atoms with E-state index < -0.39 is 12.0 Å². The maximum Gasteiger partial charge on any atom is 0.338 e. The largest absolute Gasteiger partial charge is 0.463 e. The van der Waals surface area contributed by atoms with Crippen molar-refractivity contribution >= 4 is 34.3 Å². The topological polar surface area (TPSA) is 76.4 Å². The predicted octanol–water partition coefficient (Wildman–Crippen LogP) is 4.40. The van der Waals surface area contributed by atoms with E-state index in [1.807, 2.05) is 48.7 Å². The molecule has 0 spiro atoms. The zero-order valence-corrected chi connectivity index (χ0v) is 21.0. The normalized spacial score (nSPS) is 16.0. The van der Waals surface area contributed by atoms with E-state index in [1.54, 1.807) is 18.4 Å². The summed E-state index contributed by atoms with van der Waals surface area (Å²) in [5.41, 5.74) is 4.79. The Morgan fingerprint density at radius 2 is 1.94 bits per heavy atom. The number of para-hydroxylation sites is 1. The highest BCUT2D eigenvalue weighted by atomic mass is 32.1. The fourth-order valence-corrected chi connectivity index (χ4v) is 5.56. The minimum atomic E-state index is -0.600. The van der Waals surface area contributed by atoms with Crippen molar-refractivity contribution in [2.45, 2.75) is 39.7 Å². The molecule has 0 amide bonds. The minimum absolute atomic E-state index is 0.175. The average molecular weight is 486 g/mol. The van der Waals surface area contributed by atoms with Gasteiger partial charge < -0.3 is 9.72 Å². The summed E-state index contributed by atoms with van der Waals surface area (Å²) in [6.45, 7) is 8.10. The Morgan fingerprint density at radius 1 is 1.20 bits per heavy atom. The SMILES string of the molecule is CCOC(=O)C1=C(C)N=c2s/c(=C/c3c[nH]c4ccccc34)c(=O)n2C1c1ccc(C(C)C)cc1. The third-order valence-electron chi connectivity index (χ3n) is 6.34. The summed E-state index contributed by atoms with van der Waals surface area (Å²) >= 11 is 1.33. The fraction of sp³-hybridized carbons (Fsp3) is 0.250. The van der Waals surface area contributed by atoms with E-state index in [0.717, 1.165) is 22.0 Å². The molecular weight excluding hydrogens is 458 g/mol. The zero-order valence-electron chi connectivity index (χ0n) is 20.2. The van der Waals surface area contributed by atoms with Crippen molar-refractivity contribution in [1.82, 2.24) is 9.55 Å². The first kappa shape index (κ1) is 23.1. The number of ether oxygens (including phenoxy) is 1. The van der Waals surface area contributed by atoms with E-state index in [4.69, 9.17) is 4.74 Å². The van der Waals surface area contributed by atoms with E-state index in [2.05, 4.69) is 36.0 Å². The maximum atomic E-state index is 13.8. The van der Waals surface area contributed by atoms with Gasteiger partial charge >= 0.3 is 5.97 Å². The van der Waals surface area contributed by atoms with Crippen molar-refractivity contribution in [3.05, 3.63) is 102 Å². The lowest BCUT2D eigenvalue weighted by molar-refractivity contribution is -0.139. The van der Waals surface area contributed by atoms with Gasteiger partial charge in [0.1, 0.15) is 0 Å². The first-order chi connectivity index (χ1) is 16.9. The lowest BCUT2D eigenvalue weighted by Gasteiger charge is -2.25. The Labute approximate surface area is 206 Å². The molecule has 6 nitrogen and oxygen atoms in total. The van der Waals surface area contributed by atoms with Gasteiger partial charge in [-0.2, -0.15) is 0 Å². The standard InChI is InChI=1S/C28H27N3O3S/c1-5-34-27(33)24-17(4)30-28-31(25(24)19-12-10-18(11-13-19)16(2)3)26(32)23(35-28)14-20-15-29-22-9-7-6-8-21(20)22/h6-16,25,29H,5H2,1-4H3/b23-14+. The summed E-state index contributed by atoms with van der Waals surface area (Å²) in [4.78, 5) is 35.3. The second-order valence-corrected chi connectivity index (χ2v) is 9.92. The van der Waals surface area contributed by atoms with E-state index >= 15 is 0 Å². The number of aromatic amines is 1. The van der Waals surface area contributed by atoms with Crippen LogP contribution in [0.15, 0.2) is 75.8 Å². The number of H-pyrrole nitrogens is 1. The van der Waals surface area contributed by atoms with Gasteiger partial charge in [0, 0.05) is 22.7 Å². The van der Waals surface area contributed by atoms with Gasteiger partial charge in [0.15, 0.2) is 4.80 Å². The maximum absolute atomic E-state index is 13.8. The van der Waals surface area contributed by atoms with Crippen LogP contribution >= 0.6 is 11.3 Å². The van der Waals surface area contributed by atoms with Crippen LogP contribution in [0, 0.1) is 0 Å². The molecule has 1 aliphatic rings. The molecule has 4 aromatic rings. The van der Waals surface area contributed by atoms with Gasteiger partial charge in [-0.3, -0.25) is 9.36 Å². The summed E-state index contributed by atoms with van der Waals surface area (Å²) < 4.78 is 7.58.